The van der Waals surface area contributed by atoms with Gasteiger partial charge in [-0.15, -0.1) is 0 Å². The number of nitrogens with zero attached hydrogens (tertiary/aromatic N) is 2. The van der Waals surface area contributed by atoms with E-state index in [0.717, 1.165) is 24.4 Å². The van der Waals surface area contributed by atoms with Crippen LogP contribution in [0.5, 0.6) is 5.75 Å². The molecule has 0 saturated carbocycles. The van der Waals surface area contributed by atoms with Gasteiger partial charge >= 0.3 is 0 Å². The first kappa shape index (κ1) is 16.0. The third-order valence-electron chi connectivity index (χ3n) is 3.90. The second-order valence-corrected chi connectivity index (χ2v) is 5.67. The highest BCUT2D eigenvalue weighted by Gasteiger charge is 2.13. The quantitative estimate of drug-likeness (QED) is 0.688. The van der Waals surface area contributed by atoms with Crippen molar-refractivity contribution in [3.05, 3.63) is 29.8 Å². The van der Waals surface area contributed by atoms with E-state index in [4.69, 9.17) is 4.74 Å². The van der Waals surface area contributed by atoms with E-state index in [1.807, 2.05) is 38.2 Å². The van der Waals surface area contributed by atoms with Crippen LogP contribution in [-0.4, -0.2) is 62.0 Å². The molecule has 4 nitrogen and oxygen atoms in total. The van der Waals surface area contributed by atoms with Crippen LogP contribution in [0.15, 0.2) is 24.3 Å². The predicted molar refractivity (Wildman–Crippen MR) is 85.1 cm³/mol. The number of carbonyl (C=O) groups is 1. The van der Waals surface area contributed by atoms with Crippen molar-refractivity contribution in [3.63, 3.8) is 0 Å². The fraction of sp³-hybridized carbons (Fsp3) is 0.588. The van der Waals surface area contributed by atoms with Crippen molar-refractivity contribution >= 4 is 5.78 Å². The number of carbonyl (C=O) groups excluding carboxylic acids is 1. The zero-order valence-corrected chi connectivity index (χ0v) is 13.2. The number of hydrogen-bond donors (Lipinski definition) is 0. The first-order valence-electron chi connectivity index (χ1n) is 7.86. The fourth-order valence-corrected chi connectivity index (χ4v) is 2.64. The lowest BCUT2D eigenvalue weighted by Gasteiger charge is -2.20. The third-order valence-corrected chi connectivity index (χ3v) is 3.90. The van der Waals surface area contributed by atoms with Crippen molar-refractivity contribution in [2.45, 2.75) is 19.8 Å². The minimum atomic E-state index is 0.168. The molecule has 0 aromatic heterocycles. The van der Waals surface area contributed by atoms with Gasteiger partial charge in [-0.1, -0.05) is 0 Å². The molecule has 0 amide bonds. The van der Waals surface area contributed by atoms with E-state index in [-0.39, 0.29) is 5.78 Å². The van der Waals surface area contributed by atoms with Gasteiger partial charge in [0.1, 0.15) is 5.75 Å². The lowest BCUT2D eigenvalue weighted by Crippen LogP contribution is -2.34. The monoisotopic (exact) mass is 290 g/mol. The van der Waals surface area contributed by atoms with Crippen LogP contribution in [0.3, 0.4) is 0 Å². The highest BCUT2D eigenvalue weighted by atomic mass is 16.5. The molecule has 1 aromatic rings. The zero-order chi connectivity index (χ0) is 15.1. The summed E-state index contributed by atoms with van der Waals surface area (Å²) in [7, 11) is 2.02. The van der Waals surface area contributed by atoms with E-state index in [1.54, 1.807) is 0 Å². The molecule has 1 aromatic carbocycles. The molecule has 1 fully saturated rings. The van der Waals surface area contributed by atoms with Crippen LogP contribution in [0.4, 0.5) is 0 Å². The van der Waals surface area contributed by atoms with Crippen LogP contribution in [0.1, 0.15) is 30.1 Å². The van der Waals surface area contributed by atoms with Crippen molar-refractivity contribution in [3.8, 4) is 5.75 Å². The molecule has 0 atom stereocenters. The Bertz CT molecular complexity index is 439. The highest BCUT2D eigenvalue weighted by molar-refractivity contribution is 5.97. The van der Waals surface area contributed by atoms with Crippen LogP contribution in [0.25, 0.3) is 0 Å². The Balaban J connectivity index is 1.76. The van der Waals surface area contributed by atoms with E-state index in [0.29, 0.717) is 13.2 Å². The summed E-state index contributed by atoms with van der Waals surface area (Å²) in [6, 6.07) is 7.42. The molecule has 0 spiro atoms. The molecular formula is C17H26N2O2. The molecule has 4 heteroatoms. The Morgan fingerprint density at radius 1 is 1.24 bits per heavy atom. The maximum absolute atomic E-state index is 12.2. The lowest BCUT2D eigenvalue weighted by molar-refractivity contribution is 0.0941. The normalized spacial score (nSPS) is 15.6. The predicted octanol–water partition coefficient (Wildman–Crippen LogP) is 2.30. The summed E-state index contributed by atoms with van der Waals surface area (Å²) in [4.78, 5) is 16.8. The number of rotatable bonds is 8. The number of ketones is 1. The van der Waals surface area contributed by atoms with E-state index in [2.05, 4.69) is 9.80 Å². The molecule has 1 heterocycles. The maximum Gasteiger partial charge on any atom is 0.176 e. The smallest absolute Gasteiger partial charge is 0.176 e. The van der Waals surface area contributed by atoms with Gasteiger partial charge in [-0.05, 0) is 64.2 Å². The summed E-state index contributed by atoms with van der Waals surface area (Å²) in [5.74, 6) is 0.985. The molecule has 1 saturated heterocycles. The van der Waals surface area contributed by atoms with E-state index in [1.165, 1.54) is 25.9 Å². The van der Waals surface area contributed by atoms with Crippen LogP contribution in [0, 0.1) is 0 Å². The molecule has 2 rings (SSSR count). The van der Waals surface area contributed by atoms with Crippen molar-refractivity contribution in [1.82, 2.24) is 9.80 Å². The minimum absolute atomic E-state index is 0.168. The van der Waals surface area contributed by atoms with Crippen molar-refractivity contribution in [2.24, 2.45) is 0 Å². The highest BCUT2D eigenvalue weighted by Crippen LogP contribution is 2.13. The molecule has 0 N–H and O–H groups in total. The molecule has 0 radical (unpaired) electrons. The van der Waals surface area contributed by atoms with Gasteiger partial charge in [-0.25, -0.2) is 0 Å². The number of likely N-dealkylation sites (N-methyl/N-ethyl adjacent to an activating group) is 1. The molecular weight excluding hydrogens is 264 g/mol. The molecule has 1 aliphatic rings. The lowest BCUT2D eigenvalue weighted by atomic mass is 10.1. The van der Waals surface area contributed by atoms with Gasteiger partial charge in [0.15, 0.2) is 5.78 Å². The molecule has 0 bridgehead atoms. The van der Waals surface area contributed by atoms with E-state index >= 15 is 0 Å². The Kier molecular flexibility index (Phi) is 6.21. The first-order valence-corrected chi connectivity index (χ1v) is 7.86. The molecule has 1 aliphatic heterocycles. The van der Waals surface area contributed by atoms with Crippen LogP contribution < -0.4 is 4.74 Å². The van der Waals surface area contributed by atoms with Crippen LogP contribution in [0.2, 0.25) is 0 Å². The summed E-state index contributed by atoms with van der Waals surface area (Å²) in [6.45, 7) is 7.50. The van der Waals surface area contributed by atoms with Gasteiger partial charge in [0.25, 0.3) is 0 Å². The SMILES string of the molecule is CCOc1ccc(C(=O)CN(C)CCN2CCCC2)cc1. The molecule has 0 aliphatic carbocycles. The summed E-state index contributed by atoms with van der Waals surface area (Å²) >= 11 is 0. The van der Waals surface area contributed by atoms with Gasteiger partial charge in [0, 0.05) is 18.7 Å². The minimum Gasteiger partial charge on any atom is -0.494 e. The average molecular weight is 290 g/mol. The summed E-state index contributed by atoms with van der Waals surface area (Å²) < 4.78 is 5.39. The van der Waals surface area contributed by atoms with Gasteiger partial charge in [-0.2, -0.15) is 0 Å². The largest absolute Gasteiger partial charge is 0.494 e. The van der Waals surface area contributed by atoms with E-state index < -0.39 is 0 Å². The summed E-state index contributed by atoms with van der Waals surface area (Å²) in [6.07, 6.45) is 2.63. The fourth-order valence-electron chi connectivity index (χ4n) is 2.64. The molecule has 0 unspecified atom stereocenters. The third kappa shape index (κ3) is 5.14. The van der Waals surface area contributed by atoms with Crippen molar-refractivity contribution in [2.75, 3.05) is 46.4 Å². The Labute approximate surface area is 127 Å². The number of hydrogen-bond acceptors (Lipinski definition) is 4. The number of benzene rings is 1. The Morgan fingerprint density at radius 2 is 1.90 bits per heavy atom. The Morgan fingerprint density at radius 3 is 2.52 bits per heavy atom. The van der Waals surface area contributed by atoms with Gasteiger partial charge in [0.05, 0.1) is 13.2 Å². The number of Topliss-reactive ketones (excluding diaryl/α,β-unsaturated/α-hetero) is 1. The second-order valence-electron chi connectivity index (χ2n) is 5.67. The first-order chi connectivity index (χ1) is 10.2. The standard InChI is InChI=1S/C17H26N2O2/c1-3-21-16-8-6-15(7-9-16)17(20)14-18(2)12-13-19-10-4-5-11-19/h6-9H,3-5,10-14H2,1-2H3. The number of ether oxygens (including phenoxy) is 1. The van der Waals surface area contributed by atoms with Crippen LogP contribution >= 0.6 is 0 Å². The summed E-state index contributed by atoms with van der Waals surface area (Å²) in [5, 5.41) is 0. The van der Waals surface area contributed by atoms with E-state index in [9.17, 15) is 4.79 Å². The Hall–Kier alpha value is -1.39. The van der Waals surface area contributed by atoms with Crippen molar-refractivity contribution < 1.29 is 9.53 Å². The molecule has 21 heavy (non-hydrogen) atoms. The number of likely N-dealkylation sites (tertiary alicyclic amines) is 1. The zero-order valence-electron chi connectivity index (χ0n) is 13.2. The maximum atomic E-state index is 12.2. The topological polar surface area (TPSA) is 32.8 Å². The van der Waals surface area contributed by atoms with Gasteiger partial charge in [0.2, 0.25) is 0 Å². The molecule has 116 valence electrons. The van der Waals surface area contributed by atoms with Gasteiger partial charge < -0.3 is 9.64 Å². The van der Waals surface area contributed by atoms with Crippen molar-refractivity contribution in [1.29, 1.82) is 0 Å². The summed E-state index contributed by atoms with van der Waals surface area (Å²) in [5.41, 5.74) is 0.756. The second kappa shape index (κ2) is 8.15. The van der Waals surface area contributed by atoms with Crippen LogP contribution in [-0.2, 0) is 0 Å². The average Bonchev–Trinajstić information content (AvgIpc) is 2.99. The van der Waals surface area contributed by atoms with Gasteiger partial charge in [-0.3, -0.25) is 9.69 Å².